The monoisotopic (exact) mass is 210 g/mol. The van der Waals surface area contributed by atoms with E-state index < -0.39 is 0 Å². The smallest absolute Gasteiger partial charge is 0.164 e. The van der Waals surface area contributed by atoms with Gasteiger partial charge in [0.1, 0.15) is 0 Å². The summed E-state index contributed by atoms with van der Waals surface area (Å²) in [5.74, 6) is 0.210. The molecule has 0 bridgehead atoms. The molecule has 0 spiro atoms. The van der Waals surface area contributed by atoms with Gasteiger partial charge in [0, 0.05) is 18.6 Å². The molecule has 3 nitrogen and oxygen atoms in total. The van der Waals surface area contributed by atoms with E-state index in [1.807, 2.05) is 0 Å². The summed E-state index contributed by atoms with van der Waals surface area (Å²) >= 11 is 0. The quantitative estimate of drug-likeness (QED) is 0.716. The van der Waals surface area contributed by atoms with Crippen molar-refractivity contribution in [3.05, 3.63) is 11.8 Å². The molecule has 0 aliphatic carbocycles. The van der Waals surface area contributed by atoms with Crippen LogP contribution in [0.5, 0.6) is 0 Å². The number of ether oxygens (including phenoxy) is 2. The van der Waals surface area contributed by atoms with Crippen LogP contribution >= 0.6 is 0 Å². The Morgan fingerprint density at radius 3 is 2.93 bits per heavy atom. The standard InChI is InChI=1S/C12H18O3/c13-12(10-4-3-6-14-9-10)8-11-5-1-2-7-15-11/h9,11H,1-8H2. The summed E-state index contributed by atoms with van der Waals surface area (Å²) < 4.78 is 10.7. The Bertz CT molecular complexity index is 252. The second-order valence-corrected chi connectivity index (χ2v) is 4.23. The lowest BCUT2D eigenvalue weighted by Crippen LogP contribution is -2.23. The Morgan fingerprint density at radius 2 is 2.27 bits per heavy atom. The molecule has 0 aromatic heterocycles. The van der Waals surface area contributed by atoms with Crippen LogP contribution in [-0.2, 0) is 14.3 Å². The van der Waals surface area contributed by atoms with E-state index in [-0.39, 0.29) is 11.9 Å². The van der Waals surface area contributed by atoms with E-state index in [1.165, 1.54) is 6.42 Å². The fourth-order valence-corrected chi connectivity index (χ4v) is 2.08. The van der Waals surface area contributed by atoms with E-state index >= 15 is 0 Å². The molecule has 3 heteroatoms. The molecule has 2 aliphatic heterocycles. The van der Waals surface area contributed by atoms with Crippen molar-refractivity contribution in [2.45, 2.75) is 44.6 Å². The maximum Gasteiger partial charge on any atom is 0.164 e. The average Bonchev–Trinajstić information content (AvgIpc) is 2.31. The van der Waals surface area contributed by atoms with Gasteiger partial charge in [-0.1, -0.05) is 0 Å². The highest BCUT2D eigenvalue weighted by Crippen LogP contribution is 2.20. The lowest BCUT2D eigenvalue weighted by molar-refractivity contribution is -0.119. The molecule has 1 saturated heterocycles. The van der Waals surface area contributed by atoms with Crippen molar-refractivity contribution in [1.29, 1.82) is 0 Å². The van der Waals surface area contributed by atoms with Crippen molar-refractivity contribution >= 4 is 5.78 Å². The number of ketones is 1. The molecule has 0 saturated carbocycles. The third-order valence-corrected chi connectivity index (χ3v) is 2.98. The molecule has 0 aromatic carbocycles. The number of hydrogen-bond donors (Lipinski definition) is 0. The molecule has 0 radical (unpaired) electrons. The number of carbonyl (C=O) groups excluding carboxylic acids is 1. The zero-order valence-electron chi connectivity index (χ0n) is 9.04. The fraction of sp³-hybridized carbons (Fsp3) is 0.750. The Balaban J connectivity index is 1.82. The first kappa shape index (κ1) is 10.7. The minimum absolute atomic E-state index is 0.147. The predicted octanol–water partition coefficient (Wildman–Crippen LogP) is 2.21. The lowest BCUT2D eigenvalue weighted by atomic mass is 9.98. The second kappa shape index (κ2) is 5.31. The molecule has 84 valence electrons. The fourth-order valence-electron chi connectivity index (χ4n) is 2.08. The molecule has 15 heavy (non-hydrogen) atoms. The van der Waals surface area contributed by atoms with Gasteiger partial charge < -0.3 is 9.47 Å². The highest BCUT2D eigenvalue weighted by Gasteiger charge is 2.20. The van der Waals surface area contributed by atoms with Crippen LogP contribution in [0.3, 0.4) is 0 Å². The van der Waals surface area contributed by atoms with Crippen molar-refractivity contribution in [1.82, 2.24) is 0 Å². The van der Waals surface area contributed by atoms with Crippen LogP contribution in [-0.4, -0.2) is 25.1 Å². The van der Waals surface area contributed by atoms with Crippen LogP contribution in [0.25, 0.3) is 0 Å². The zero-order valence-corrected chi connectivity index (χ0v) is 9.04. The normalized spacial score (nSPS) is 26.7. The minimum Gasteiger partial charge on any atom is -0.501 e. The summed E-state index contributed by atoms with van der Waals surface area (Å²) in [6.07, 6.45) is 7.50. The molecule has 1 fully saturated rings. The van der Waals surface area contributed by atoms with E-state index in [1.54, 1.807) is 6.26 Å². The predicted molar refractivity (Wildman–Crippen MR) is 56.5 cm³/mol. The molecule has 1 unspecified atom stereocenters. The molecule has 2 heterocycles. The maximum atomic E-state index is 11.8. The van der Waals surface area contributed by atoms with Gasteiger partial charge in [-0.3, -0.25) is 4.79 Å². The molecular formula is C12H18O3. The van der Waals surface area contributed by atoms with Gasteiger partial charge in [0.2, 0.25) is 0 Å². The largest absolute Gasteiger partial charge is 0.501 e. The van der Waals surface area contributed by atoms with Crippen molar-refractivity contribution < 1.29 is 14.3 Å². The van der Waals surface area contributed by atoms with E-state index in [9.17, 15) is 4.79 Å². The maximum absolute atomic E-state index is 11.8. The number of carbonyl (C=O) groups is 1. The highest BCUT2D eigenvalue weighted by molar-refractivity contribution is 5.95. The van der Waals surface area contributed by atoms with Crippen molar-refractivity contribution in [2.75, 3.05) is 13.2 Å². The second-order valence-electron chi connectivity index (χ2n) is 4.23. The van der Waals surface area contributed by atoms with E-state index in [0.29, 0.717) is 6.42 Å². The first-order valence-corrected chi connectivity index (χ1v) is 5.82. The summed E-state index contributed by atoms with van der Waals surface area (Å²) in [6.45, 7) is 1.56. The molecular weight excluding hydrogens is 192 g/mol. The highest BCUT2D eigenvalue weighted by atomic mass is 16.5. The van der Waals surface area contributed by atoms with E-state index in [4.69, 9.17) is 9.47 Å². The van der Waals surface area contributed by atoms with Crippen molar-refractivity contribution in [3.63, 3.8) is 0 Å². The summed E-state index contributed by atoms with van der Waals surface area (Å²) in [4.78, 5) is 11.8. The third-order valence-electron chi connectivity index (χ3n) is 2.98. The number of hydrogen-bond acceptors (Lipinski definition) is 3. The molecule has 2 aliphatic rings. The Morgan fingerprint density at radius 1 is 1.33 bits per heavy atom. The van der Waals surface area contributed by atoms with Gasteiger partial charge in [-0.05, 0) is 32.1 Å². The van der Waals surface area contributed by atoms with Gasteiger partial charge in [-0.15, -0.1) is 0 Å². The zero-order chi connectivity index (χ0) is 10.5. The first-order valence-electron chi connectivity index (χ1n) is 5.82. The topological polar surface area (TPSA) is 35.5 Å². The van der Waals surface area contributed by atoms with Gasteiger partial charge in [0.05, 0.1) is 19.0 Å². The first-order chi connectivity index (χ1) is 7.36. The van der Waals surface area contributed by atoms with Crippen molar-refractivity contribution in [3.8, 4) is 0 Å². The van der Waals surface area contributed by atoms with Crippen molar-refractivity contribution in [2.24, 2.45) is 0 Å². The number of rotatable bonds is 3. The van der Waals surface area contributed by atoms with Crippen LogP contribution in [0.2, 0.25) is 0 Å². The molecule has 2 rings (SSSR count). The third kappa shape index (κ3) is 3.06. The van der Waals surface area contributed by atoms with Gasteiger partial charge in [0.25, 0.3) is 0 Å². The minimum atomic E-state index is 0.147. The van der Waals surface area contributed by atoms with Crippen LogP contribution in [0.15, 0.2) is 11.8 Å². The SMILES string of the molecule is O=C(CC1CCCCO1)C1=COCCC1. The van der Waals surface area contributed by atoms with Gasteiger partial charge in [-0.2, -0.15) is 0 Å². The molecule has 0 amide bonds. The summed E-state index contributed by atoms with van der Waals surface area (Å²) in [5.41, 5.74) is 0.843. The average molecular weight is 210 g/mol. The summed E-state index contributed by atoms with van der Waals surface area (Å²) in [5, 5.41) is 0. The summed E-state index contributed by atoms with van der Waals surface area (Å²) in [6, 6.07) is 0. The Hall–Kier alpha value is -0.830. The summed E-state index contributed by atoms with van der Waals surface area (Å²) in [7, 11) is 0. The van der Waals surface area contributed by atoms with Gasteiger partial charge >= 0.3 is 0 Å². The van der Waals surface area contributed by atoms with E-state index in [0.717, 1.165) is 44.5 Å². The molecule has 0 N–H and O–H groups in total. The van der Waals surface area contributed by atoms with Gasteiger partial charge in [0.15, 0.2) is 5.78 Å². The molecule has 0 aromatic rings. The molecule has 1 atom stereocenters. The van der Waals surface area contributed by atoms with Crippen LogP contribution in [0.1, 0.15) is 38.5 Å². The van der Waals surface area contributed by atoms with Gasteiger partial charge in [-0.25, -0.2) is 0 Å². The lowest BCUT2D eigenvalue weighted by Gasteiger charge is -2.22. The van der Waals surface area contributed by atoms with Crippen LogP contribution in [0.4, 0.5) is 0 Å². The number of Topliss-reactive ketones (excluding diaryl/α,β-unsaturated/α-hetero) is 1. The number of allylic oxidation sites excluding steroid dienone is 1. The Labute approximate surface area is 90.4 Å². The Kier molecular flexibility index (Phi) is 3.78. The van der Waals surface area contributed by atoms with Crippen LogP contribution in [0, 0.1) is 0 Å². The van der Waals surface area contributed by atoms with Crippen LogP contribution < -0.4 is 0 Å². The van der Waals surface area contributed by atoms with E-state index in [2.05, 4.69) is 0 Å².